The van der Waals surface area contributed by atoms with Crippen molar-refractivity contribution >= 4 is 11.9 Å². The largest absolute Gasteiger partial charge is 0.480 e. The summed E-state index contributed by atoms with van der Waals surface area (Å²) in [7, 11) is 0. The van der Waals surface area contributed by atoms with E-state index in [9.17, 15) is 9.59 Å². The summed E-state index contributed by atoms with van der Waals surface area (Å²) in [5.74, 6) is -0.964. The molecule has 0 bridgehead atoms. The highest BCUT2D eigenvalue weighted by Crippen LogP contribution is 2.23. The Balaban J connectivity index is 2.54. The number of amides is 1. The van der Waals surface area contributed by atoms with Crippen molar-refractivity contribution in [2.24, 2.45) is 5.92 Å². The van der Waals surface area contributed by atoms with Gasteiger partial charge in [-0.05, 0) is 25.7 Å². The average Bonchev–Trinajstić information content (AvgIpc) is 2.67. The number of nitrogens with one attached hydrogen (secondary N) is 1. The van der Waals surface area contributed by atoms with Crippen molar-refractivity contribution in [2.75, 3.05) is 13.1 Å². The number of carbonyl (C=O) groups is 2. The highest BCUT2D eigenvalue weighted by Gasteiger charge is 2.39. The Morgan fingerprint density at radius 1 is 1.53 bits per heavy atom. The molecule has 0 spiro atoms. The summed E-state index contributed by atoms with van der Waals surface area (Å²) in [6.07, 6.45) is 1.72. The number of carboxylic acids is 1. The minimum Gasteiger partial charge on any atom is -0.480 e. The predicted octanol–water partition coefficient (Wildman–Crippen LogP) is 0.696. The zero-order valence-corrected chi connectivity index (χ0v) is 10.8. The monoisotopic (exact) mass is 242 g/mol. The summed E-state index contributed by atoms with van der Waals surface area (Å²) < 4.78 is 0. The Morgan fingerprint density at radius 3 is 2.71 bits per heavy atom. The van der Waals surface area contributed by atoms with Gasteiger partial charge in [-0.3, -0.25) is 4.79 Å². The van der Waals surface area contributed by atoms with Gasteiger partial charge in [-0.2, -0.15) is 0 Å². The molecule has 17 heavy (non-hydrogen) atoms. The van der Waals surface area contributed by atoms with Crippen molar-refractivity contribution in [3.05, 3.63) is 0 Å². The van der Waals surface area contributed by atoms with Gasteiger partial charge in [-0.1, -0.05) is 13.8 Å². The van der Waals surface area contributed by atoms with Crippen LogP contribution in [0, 0.1) is 5.92 Å². The van der Waals surface area contributed by atoms with Crippen LogP contribution in [0.4, 0.5) is 0 Å². The van der Waals surface area contributed by atoms with Gasteiger partial charge in [-0.25, -0.2) is 4.79 Å². The average molecular weight is 242 g/mol. The van der Waals surface area contributed by atoms with Crippen LogP contribution in [0.25, 0.3) is 0 Å². The molecule has 0 aliphatic carbocycles. The lowest BCUT2D eigenvalue weighted by Gasteiger charge is -2.24. The highest BCUT2D eigenvalue weighted by atomic mass is 16.4. The molecule has 1 heterocycles. The third kappa shape index (κ3) is 3.43. The van der Waals surface area contributed by atoms with E-state index in [-0.39, 0.29) is 24.4 Å². The summed E-state index contributed by atoms with van der Waals surface area (Å²) in [6, 6.07) is -0.372. The molecule has 0 saturated carbocycles. The maximum Gasteiger partial charge on any atom is 0.326 e. The molecule has 0 aromatic rings. The van der Waals surface area contributed by atoms with Crippen LogP contribution in [0.2, 0.25) is 0 Å². The Morgan fingerprint density at radius 2 is 2.18 bits per heavy atom. The lowest BCUT2D eigenvalue weighted by Crippen LogP contribution is -2.47. The van der Waals surface area contributed by atoms with Crippen molar-refractivity contribution < 1.29 is 14.7 Å². The Kier molecular flexibility index (Phi) is 4.93. The minimum atomic E-state index is -0.896. The maximum atomic E-state index is 11.9. The third-order valence-corrected chi connectivity index (χ3v) is 3.49. The van der Waals surface area contributed by atoms with Gasteiger partial charge in [0.1, 0.15) is 6.04 Å². The lowest BCUT2D eigenvalue weighted by atomic mass is 10.0. The zero-order valence-electron chi connectivity index (χ0n) is 10.8. The van der Waals surface area contributed by atoms with E-state index in [0.717, 1.165) is 12.8 Å². The highest BCUT2D eigenvalue weighted by molar-refractivity contribution is 5.85. The first-order chi connectivity index (χ1) is 7.97. The van der Waals surface area contributed by atoms with Crippen molar-refractivity contribution in [2.45, 2.75) is 45.7 Å². The molecule has 3 atom stereocenters. The second-order valence-electron chi connectivity index (χ2n) is 4.83. The van der Waals surface area contributed by atoms with Crippen LogP contribution in [0.15, 0.2) is 0 Å². The number of hydrogen-bond donors (Lipinski definition) is 2. The molecule has 5 nitrogen and oxygen atoms in total. The molecular formula is C12H22N2O3. The molecular weight excluding hydrogens is 220 g/mol. The summed E-state index contributed by atoms with van der Waals surface area (Å²) >= 11 is 0. The quantitative estimate of drug-likeness (QED) is 0.744. The van der Waals surface area contributed by atoms with Gasteiger partial charge in [0.2, 0.25) is 5.91 Å². The molecule has 1 aliphatic heterocycles. The van der Waals surface area contributed by atoms with Gasteiger partial charge in [-0.15, -0.1) is 0 Å². The summed E-state index contributed by atoms with van der Waals surface area (Å²) in [4.78, 5) is 24.5. The molecule has 5 heteroatoms. The van der Waals surface area contributed by atoms with Crippen LogP contribution in [0.3, 0.4) is 0 Å². The summed E-state index contributed by atoms with van der Waals surface area (Å²) in [5, 5.41) is 12.2. The van der Waals surface area contributed by atoms with Gasteiger partial charge < -0.3 is 15.3 Å². The van der Waals surface area contributed by atoms with Crippen molar-refractivity contribution in [3.8, 4) is 0 Å². The van der Waals surface area contributed by atoms with E-state index >= 15 is 0 Å². The van der Waals surface area contributed by atoms with Crippen LogP contribution in [-0.4, -0.2) is 47.1 Å². The second kappa shape index (κ2) is 6.00. The molecule has 1 amide bonds. The molecule has 0 aromatic heterocycles. The standard InChI is InChI=1S/C12H22N2O3/c1-4-9(3)13-7-10(15)14-6-5-8(2)11(14)12(16)17/h8-9,11,13H,4-7H2,1-3H3,(H,16,17). The first kappa shape index (κ1) is 14.0. The minimum absolute atomic E-state index is 0.0417. The van der Waals surface area contributed by atoms with Crippen molar-refractivity contribution in [1.29, 1.82) is 0 Å². The van der Waals surface area contributed by atoms with E-state index in [2.05, 4.69) is 5.32 Å². The van der Waals surface area contributed by atoms with Crippen LogP contribution >= 0.6 is 0 Å². The lowest BCUT2D eigenvalue weighted by molar-refractivity contribution is -0.149. The van der Waals surface area contributed by atoms with Gasteiger partial charge in [0.15, 0.2) is 0 Å². The SMILES string of the molecule is CCC(C)NCC(=O)N1CCC(C)C1C(=O)O. The smallest absolute Gasteiger partial charge is 0.326 e. The fourth-order valence-electron chi connectivity index (χ4n) is 2.11. The Bertz CT molecular complexity index is 293. The molecule has 98 valence electrons. The number of likely N-dealkylation sites (tertiary alicyclic amines) is 1. The number of carbonyl (C=O) groups excluding carboxylic acids is 1. The number of aliphatic carboxylic acids is 1. The molecule has 3 unspecified atom stereocenters. The molecule has 1 aliphatic rings. The molecule has 0 aromatic carbocycles. The molecule has 1 rings (SSSR count). The number of rotatable bonds is 5. The predicted molar refractivity (Wildman–Crippen MR) is 64.7 cm³/mol. The summed E-state index contributed by atoms with van der Waals surface area (Å²) in [6.45, 7) is 6.72. The number of carboxylic acid groups (broad SMARTS) is 1. The molecule has 1 fully saturated rings. The third-order valence-electron chi connectivity index (χ3n) is 3.49. The fourth-order valence-corrected chi connectivity index (χ4v) is 2.11. The van der Waals surface area contributed by atoms with Gasteiger partial charge in [0.25, 0.3) is 0 Å². The first-order valence-electron chi connectivity index (χ1n) is 6.23. The van der Waals surface area contributed by atoms with E-state index in [1.54, 1.807) is 0 Å². The maximum absolute atomic E-state index is 11.9. The molecule has 0 radical (unpaired) electrons. The van der Waals surface area contributed by atoms with Crippen molar-refractivity contribution in [1.82, 2.24) is 10.2 Å². The van der Waals surface area contributed by atoms with Gasteiger partial charge in [0.05, 0.1) is 6.54 Å². The van der Waals surface area contributed by atoms with Crippen LogP contribution in [-0.2, 0) is 9.59 Å². The zero-order chi connectivity index (χ0) is 13.0. The van der Waals surface area contributed by atoms with E-state index in [1.807, 2.05) is 20.8 Å². The van der Waals surface area contributed by atoms with E-state index in [0.29, 0.717) is 6.54 Å². The number of nitrogens with zero attached hydrogens (tertiary/aromatic N) is 1. The van der Waals surface area contributed by atoms with Gasteiger partial charge >= 0.3 is 5.97 Å². The van der Waals surface area contributed by atoms with Crippen molar-refractivity contribution in [3.63, 3.8) is 0 Å². The van der Waals surface area contributed by atoms with Crippen LogP contribution in [0.5, 0.6) is 0 Å². The fraction of sp³-hybridized carbons (Fsp3) is 0.833. The van der Waals surface area contributed by atoms with Crippen LogP contribution < -0.4 is 5.32 Å². The van der Waals surface area contributed by atoms with E-state index in [4.69, 9.17) is 5.11 Å². The Labute approximate surface area is 102 Å². The first-order valence-corrected chi connectivity index (χ1v) is 6.23. The topological polar surface area (TPSA) is 69.6 Å². The van der Waals surface area contributed by atoms with Crippen LogP contribution in [0.1, 0.15) is 33.6 Å². The Hall–Kier alpha value is -1.10. The van der Waals surface area contributed by atoms with E-state index in [1.165, 1.54) is 4.90 Å². The normalized spacial score (nSPS) is 25.9. The number of hydrogen-bond acceptors (Lipinski definition) is 3. The van der Waals surface area contributed by atoms with E-state index < -0.39 is 12.0 Å². The van der Waals surface area contributed by atoms with Gasteiger partial charge in [0, 0.05) is 12.6 Å². The summed E-state index contributed by atoms with van der Waals surface area (Å²) in [5.41, 5.74) is 0. The molecule has 1 saturated heterocycles. The molecule has 2 N–H and O–H groups in total. The second-order valence-corrected chi connectivity index (χ2v) is 4.83.